The number of anilines is 1. The number of pyridine rings is 1. The van der Waals surface area contributed by atoms with Crippen molar-refractivity contribution in [2.24, 2.45) is 0 Å². The van der Waals surface area contributed by atoms with Crippen molar-refractivity contribution in [3.63, 3.8) is 0 Å². The number of para-hydroxylation sites is 1. The summed E-state index contributed by atoms with van der Waals surface area (Å²) in [6.07, 6.45) is 5.62. The number of nitrogens with one attached hydrogen (secondary N) is 2. The van der Waals surface area contributed by atoms with Crippen molar-refractivity contribution in [1.29, 1.82) is 0 Å². The first-order valence-corrected chi connectivity index (χ1v) is 8.30. The third-order valence-electron chi connectivity index (χ3n) is 4.41. The molecular weight excluding hydrogens is 306 g/mol. The first kappa shape index (κ1) is 15.2. The minimum Gasteiger partial charge on any atom is -0.374 e. The highest BCUT2D eigenvalue weighted by molar-refractivity contribution is 5.93. The van der Waals surface area contributed by atoms with E-state index in [1.807, 2.05) is 30.5 Å². The zero-order valence-electron chi connectivity index (χ0n) is 13.8. The predicted octanol–water partition coefficient (Wildman–Crippen LogP) is 5.43. The van der Waals surface area contributed by atoms with Gasteiger partial charge in [0.25, 0.3) is 0 Å². The van der Waals surface area contributed by atoms with Crippen molar-refractivity contribution in [2.45, 2.75) is 6.04 Å². The summed E-state index contributed by atoms with van der Waals surface area (Å²) in [4.78, 5) is 7.43. The average Bonchev–Trinajstić information content (AvgIpc) is 3.11. The molecule has 0 amide bonds. The second kappa shape index (κ2) is 6.65. The Hall–Kier alpha value is -3.33. The van der Waals surface area contributed by atoms with Gasteiger partial charge in [0.15, 0.2) is 0 Å². The van der Waals surface area contributed by atoms with Gasteiger partial charge in [-0.25, -0.2) is 0 Å². The molecule has 0 saturated heterocycles. The van der Waals surface area contributed by atoms with Gasteiger partial charge in [0.1, 0.15) is 0 Å². The van der Waals surface area contributed by atoms with Crippen LogP contribution in [0.2, 0.25) is 0 Å². The van der Waals surface area contributed by atoms with Gasteiger partial charge >= 0.3 is 0 Å². The highest BCUT2D eigenvalue weighted by Gasteiger charge is 2.19. The van der Waals surface area contributed by atoms with E-state index < -0.39 is 0 Å². The van der Waals surface area contributed by atoms with E-state index in [1.54, 1.807) is 12.4 Å². The fourth-order valence-corrected chi connectivity index (χ4v) is 3.12. The fourth-order valence-electron chi connectivity index (χ4n) is 3.12. The topological polar surface area (TPSA) is 40.7 Å². The van der Waals surface area contributed by atoms with E-state index in [1.165, 1.54) is 10.9 Å². The zero-order valence-corrected chi connectivity index (χ0v) is 13.8. The molecule has 1 atom stereocenters. The van der Waals surface area contributed by atoms with E-state index in [9.17, 15) is 0 Å². The van der Waals surface area contributed by atoms with Crippen LogP contribution in [0.25, 0.3) is 16.5 Å². The average molecular weight is 325 g/mol. The van der Waals surface area contributed by atoms with Crippen LogP contribution < -0.4 is 5.32 Å². The first-order chi connectivity index (χ1) is 12.3. The molecule has 0 saturated carbocycles. The van der Waals surface area contributed by atoms with Crippen LogP contribution in [0.1, 0.15) is 17.2 Å². The van der Waals surface area contributed by atoms with Gasteiger partial charge in [-0.3, -0.25) is 4.98 Å². The largest absolute Gasteiger partial charge is 0.374 e. The van der Waals surface area contributed by atoms with Gasteiger partial charge in [-0.15, -0.1) is 0 Å². The standard InChI is InChI=1S/C22H19N3/c1-16(20-15-24-21-10-6-5-9-19(20)21)22(17-7-3-2-4-8-17)25-18-11-13-23-14-12-18/h2-15,22,24H,1H2,(H,23,25). The van der Waals surface area contributed by atoms with Crippen LogP contribution in [0.5, 0.6) is 0 Å². The molecule has 122 valence electrons. The molecule has 4 aromatic rings. The molecule has 0 aliphatic carbocycles. The molecule has 0 aliphatic rings. The lowest BCUT2D eigenvalue weighted by Gasteiger charge is -2.23. The van der Waals surface area contributed by atoms with Crippen molar-refractivity contribution in [3.8, 4) is 0 Å². The van der Waals surface area contributed by atoms with Crippen LogP contribution >= 0.6 is 0 Å². The molecule has 2 N–H and O–H groups in total. The van der Waals surface area contributed by atoms with Crippen molar-refractivity contribution in [2.75, 3.05) is 5.32 Å². The van der Waals surface area contributed by atoms with Crippen LogP contribution in [0, 0.1) is 0 Å². The number of hydrogen-bond donors (Lipinski definition) is 2. The van der Waals surface area contributed by atoms with Crippen LogP contribution in [0.15, 0.2) is 91.9 Å². The molecule has 4 rings (SSSR count). The number of rotatable bonds is 5. The molecule has 3 nitrogen and oxygen atoms in total. The van der Waals surface area contributed by atoms with Crippen molar-refractivity contribution < 1.29 is 0 Å². The minimum absolute atomic E-state index is 0.0252. The zero-order chi connectivity index (χ0) is 17.1. The van der Waals surface area contributed by atoms with Gasteiger partial charge < -0.3 is 10.3 Å². The second-order valence-corrected chi connectivity index (χ2v) is 6.00. The summed E-state index contributed by atoms with van der Waals surface area (Å²) in [5.41, 5.74) is 5.47. The normalized spacial score (nSPS) is 12.0. The van der Waals surface area contributed by atoms with E-state index in [0.29, 0.717) is 0 Å². The summed E-state index contributed by atoms with van der Waals surface area (Å²) in [5.74, 6) is 0. The third kappa shape index (κ3) is 3.04. The van der Waals surface area contributed by atoms with E-state index in [2.05, 4.69) is 64.3 Å². The Morgan fingerprint density at radius 2 is 1.64 bits per heavy atom. The maximum absolute atomic E-state index is 4.42. The summed E-state index contributed by atoms with van der Waals surface area (Å²) < 4.78 is 0. The van der Waals surface area contributed by atoms with Crippen LogP contribution in [-0.2, 0) is 0 Å². The molecule has 0 radical (unpaired) electrons. The number of H-pyrrole nitrogens is 1. The lowest BCUT2D eigenvalue weighted by molar-refractivity contribution is 1.01. The molecule has 25 heavy (non-hydrogen) atoms. The Balaban J connectivity index is 1.76. The monoisotopic (exact) mass is 325 g/mol. The first-order valence-electron chi connectivity index (χ1n) is 8.30. The number of nitrogens with zero attached hydrogens (tertiary/aromatic N) is 1. The fraction of sp³-hybridized carbons (Fsp3) is 0.0455. The number of aromatic amines is 1. The smallest absolute Gasteiger partial charge is 0.0768 e. The molecule has 0 bridgehead atoms. The molecule has 1 unspecified atom stereocenters. The summed E-state index contributed by atoms with van der Waals surface area (Å²) in [7, 11) is 0. The SMILES string of the molecule is C=C(c1c[nH]c2ccccc12)C(Nc1ccncc1)c1ccccc1. The third-order valence-corrected chi connectivity index (χ3v) is 4.41. The Bertz CT molecular complexity index is 987. The summed E-state index contributed by atoms with van der Waals surface area (Å²) in [5, 5.41) is 4.78. The molecule has 0 aliphatic heterocycles. The summed E-state index contributed by atoms with van der Waals surface area (Å²) in [6.45, 7) is 4.42. The molecule has 0 fully saturated rings. The Kier molecular flexibility index (Phi) is 4.05. The van der Waals surface area contributed by atoms with Gasteiger partial charge in [0, 0.05) is 40.7 Å². The molecule has 2 aromatic carbocycles. The van der Waals surface area contributed by atoms with Crippen LogP contribution in [0.3, 0.4) is 0 Å². The molecule has 0 spiro atoms. The summed E-state index contributed by atoms with van der Waals surface area (Å²) in [6, 6.07) is 22.6. The Morgan fingerprint density at radius 1 is 0.920 bits per heavy atom. The number of fused-ring (bicyclic) bond motifs is 1. The summed E-state index contributed by atoms with van der Waals surface area (Å²) >= 11 is 0. The molecule has 3 heteroatoms. The van der Waals surface area contributed by atoms with Crippen LogP contribution in [-0.4, -0.2) is 9.97 Å². The van der Waals surface area contributed by atoms with E-state index in [4.69, 9.17) is 0 Å². The molecule has 2 aromatic heterocycles. The van der Waals surface area contributed by atoms with Gasteiger partial charge in [-0.2, -0.15) is 0 Å². The van der Waals surface area contributed by atoms with Crippen molar-refractivity contribution in [1.82, 2.24) is 9.97 Å². The lowest BCUT2D eigenvalue weighted by atomic mass is 9.93. The Labute approximate surface area is 147 Å². The predicted molar refractivity (Wildman–Crippen MR) is 104 cm³/mol. The number of hydrogen-bond acceptors (Lipinski definition) is 2. The number of aromatic nitrogens is 2. The number of benzene rings is 2. The highest BCUT2D eigenvalue weighted by atomic mass is 14.9. The Morgan fingerprint density at radius 3 is 2.44 bits per heavy atom. The lowest BCUT2D eigenvalue weighted by Crippen LogP contribution is -2.12. The maximum atomic E-state index is 4.42. The van der Waals surface area contributed by atoms with Gasteiger partial charge in [-0.1, -0.05) is 55.1 Å². The van der Waals surface area contributed by atoms with Gasteiger partial charge in [0.05, 0.1) is 6.04 Å². The van der Waals surface area contributed by atoms with Gasteiger partial charge in [-0.05, 0) is 29.3 Å². The minimum atomic E-state index is -0.0252. The molecule has 2 heterocycles. The van der Waals surface area contributed by atoms with E-state index in [0.717, 1.165) is 22.3 Å². The van der Waals surface area contributed by atoms with E-state index in [-0.39, 0.29) is 6.04 Å². The van der Waals surface area contributed by atoms with Crippen molar-refractivity contribution in [3.05, 3.63) is 103 Å². The maximum Gasteiger partial charge on any atom is 0.0768 e. The van der Waals surface area contributed by atoms with E-state index >= 15 is 0 Å². The van der Waals surface area contributed by atoms with Crippen molar-refractivity contribution >= 4 is 22.2 Å². The highest BCUT2D eigenvalue weighted by Crippen LogP contribution is 2.35. The molecular formula is C22H19N3. The van der Waals surface area contributed by atoms with Gasteiger partial charge in [0.2, 0.25) is 0 Å². The van der Waals surface area contributed by atoms with Crippen LogP contribution in [0.4, 0.5) is 5.69 Å². The quantitative estimate of drug-likeness (QED) is 0.514. The second-order valence-electron chi connectivity index (χ2n) is 6.00.